The van der Waals surface area contributed by atoms with E-state index in [9.17, 15) is 0 Å². The van der Waals surface area contributed by atoms with Gasteiger partial charge >= 0.3 is 0 Å². The first-order valence-electron chi connectivity index (χ1n) is 5.51. The van der Waals surface area contributed by atoms with E-state index >= 15 is 0 Å². The van der Waals surface area contributed by atoms with Crippen molar-refractivity contribution >= 4 is 18.3 Å². The Hall–Kier alpha value is -0.250. The Morgan fingerprint density at radius 2 is 1.71 bits per heavy atom. The molecule has 2 atom stereocenters. The minimum Gasteiger partial charge on any atom is -0.345 e. The number of hydrogen-bond donors (Lipinski definition) is 2. The zero-order valence-corrected chi connectivity index (χ0v) is 12.5. The molecule has 5 heteroatoms. The van der Waals surface area contributed by atoms with Crippen LogP contribution in [-0.4, -0.2) is 17.7 Å². The van der Waals surface area contributed by atoms with E-state index in [0.717, 1.165) is 0 Å². The van der Waals surface area contributed by atoms with Crippen molar-refractivity contribution < 1.29 is 9.42 Å². The Balaban J connectivity index is 0.000000304. The molecule has 0 aliphatic heterocycles. The Kier molecular flexibility index (Phi) is 7.84. The molecule has 3 N–H and O–H groups in total. The molecule has 1 aromatic rings. The zero-order valence-electron chi connectivity index (χ0n) is 10.8. The summed E-state index contributed by atoms with van der Waals surface area (Å²) in [6.45, 7) is 4.83. The third-order valence-electron chi connectivity index (χ3n) is 1.73. The molecule has 98 valence electrons. The van der Waals surface area contributed by atoms with E-state index in [2.05, 4.69) is 11.8 Å². The number of benzene rings is 1. The highest BCUT2D eigenvalue weighted by molar-refractivity contribution is 8.09. The zero-order chi connectivity index (χ0) is 13.5. The fourth-order valence-electron chi connectivity index (χ4n) is 1.15. The summed E-state index contributed by atoms with van der Waals surface area (Å²) in [6.07, 6.45) is 0.0378. The first kappa shape index (κ1) is 16.8. The molecule has 1 rings (SSSR count). The maximum atomic E-state index is 8.89. The van der Waals surface area contributed by atoms with Crippen LogP contribution in [0.3, 0.4) is 0 Å². The molecular formula is C12H22NO2PS. The van der Waals surface area contributed by atoms with E-state index in [0.29, 0.717) is 0 Å². The monoisotopic (exact) mass is 275 g/mol. The van der Waals surface area contributed by atoms with Crippen molar-refractivity contribution in [2.75, 3.05) is 6.66 Å². The highest BCUT2D eigenvalue weighted by atomic mass is 32.5. The van der Waals surface area contributed by atoms with Crippen LogP contribution in [0.1, 0.15) is 32.4 Å². The van der Waals surface area contributed by atoms with Crippen molar-refractivity contribution in [1.29, 1.82) is 0 Å². The van der Waals surface area contributed by atoms with Gasteiger partial charge in [-0.2, -0.15) is 0 Å². The predicted molar refractivity (Wildman–Crippen MR) is 77.7 cm³/mol. The highest BCUT2D eigenvalue weighted by Crippen LogP contribution is 2.38. The van der Waals surface area contributed by atoms with Gasteiger partial charge in [0.25, 0.3) is 0 Å². The second kappa shape index (κ2) is 7.96. The van der Waals surface area contributed by atoms with Crippen LogP contribution >= 0.6 is 6.49 Å². The molecule has 0 fully saturated rings. The summed E-state index contributed by atoms with van der Waals surface area (Å²) in [5.41, 5.74) is 6.81. The first-order valence-corrected chi connectivity index (χ1v) is 8.63. The van der Waals surface area contributed by atoms with E-state index in [-0.39, 0.29) is 12.1 Å². The lowest BCUT2D eigenvalue weighted by molar-refractivity contribution is 0.242. The largest absolute Gasteiger partial charge is 0.345 e. The van der Waals surface area contributed by atoms with E-state index in [4.69, 9.17) is 15.2 Å². The molecule has 0 heterocycles. The summed E-state index contributed by atoms with van der Waals surface area (Å²) in [4.78, 5) is 8.89. The molecule has 0 aromatic heterocycles. The average Bonchev–Trinajstić information content (AvgIpc) is 2.16. The molecular weight excluding hydrogens is 253 g/mol. The summed E-state index contributed by atoms with van der Waals surface area (Å²) < 4.78 is 4.92. The summed E-state index contributed by atoms with van der Waals surface area (Å²) in [5.74, 6) is 0. The molecule has 17 heavy (non-hydrogen) atoms. The third-order valence-corrected chi connectivity index (χ3v) is 2.80. The van der Waals surface area contributed by atoms with Crippen molar-refractivity contribution in [3.63, 3.8) is 0 Å². The summed E-state index contributed by atoms with van der Waals surface area (Å²) >= 11 is 4.61. The van der Waals surface area contributed by atoms with Gasteiger partial charge in [-0.1, -0.05) is 30.3 Å². The van der Waals surface area contributed by atoms with Crippen LogP contribution in [0.25, 0.3) is 0 Å². The molecule has 0 aliphatic carbocycles. The average molecular weight is 275 g/mol. The topological polar surface area (TPSA) is 55.5 Å². The SMILES string of the molecule is CC(C)OP(C)(O)=S.CC(N)c1ccccc1. The van der Waals surface area contributed by atoms with Crippen LogP contribution in [0.2, 0.25) is 0 Å². The third kappa shape index (κ3) is 10.6. The maximum Gasteiger partial charge on any atom is 0.183 e. The van der Waals surface area contributed by atoms with Gasteiger partial charge in [-0.3, -0.25) is 0 Å². The lowest BCUT2D eigenvalue weighted by Gasteiger charge is -2.12. The van der Waals surface area contributed by atoms with E-state index in [1.165, 1.54) is 5.56 Å². The Morgan fingerprint density at radius 3 is 1.88 bits per heavy atom. The molecule has 0 aliphatic rings. The summed E-state index contributed by atoms with van der Waals surface area (Å²) in [5, 5.41) is 0. The second-order valence-electron chi connectivity index (χ2n) is 4.16. The van der Waals surface area contributed by atoms with Gasteiger partial charge in [0.05, 0.1) is 6.10 Å². The molecule has 3 nitrogen and oxygen atoms in total. The lowest BCUT2D eigenvalue weighted by atomic mass is 10.1. The maximum absolute atomic E-state index is 8.89. The number of hydrogen-bond acceptors (Lipinski definition) is 3. The number of rotatable bonds is 3. The van der Waals surface area contributed by atoms with E-state index < -0.39 is 6.49 Å². The molecule has 0 radical (unpaired) electrons. The molecule has 0 saturated carbocycles. The van der Waals surface area contributed by atoms with Crippen molar-refractivity contribution in [3.05, 3.63) is 35.9 Å². The van der Waals surface area contributed by atoms with Crippen LogP contribution in [0.5, 0.6) is 0 Å². The van der Waals surface area contributed by atoms with Crippen molar-refractivity contribution in [3.8, 4) is 0 Å². The summed E-state index contributed by atoms with van der Waals surface area (Å²) in [6, 6.07) is 10.2. The molecule has 0 saturated heterocycles. The van der Waals surface area contributed by atoms with Gasteiger partial charge in [-0.15, -0.1) is 0 Å². The number of nitrogens with two attached hydrogens (primary N) is 1. The highest BCUT2D eigenvalue weighted by Gasteiger charge is 2.05. The second-order valence-corrected chi connectivity index (χ2v) is 8.01. The van der Waals surface area contributed by atoms with Crippen LogP contribution in [0.4, 0.5) is 0 Å². The van der Waals surface area contributed by atoms with Crippen molar-refractivity contribution in [2.45, 2.75) is 32.9 Å². The van der Waals surface area contributed by atoms with Crippen LogP contribution in [-0.2, 0) is 16.3 Å². The van der Waals surface area contributed by atoms with E-state index in [1.54, 1.807) is 6.66 Å². The van der Waals surface area contributed by atoms with Gasteiger partial charge in [0, 0.05) is 12.7 Å². The van der Waals surface area contributed by atoms with Crippen LogP contribution < -0.4 is 5.73 Å². The fraction of sp³-hybridized carbons (Fsp3) is 0.500. The minimum atomic E-state index is -2.39. The predicted octanol–water partition coefficient (Wildman–Crippen LogP) is 3.05. The van der Waals surface area contributed by atoms with Crippen LogP contribution in [0.15, 0.2) is 30.3 Å². The van der Waals surface area contributed by atoms with Crippen LogP contribution in [0, 0.1) is 0 Å². The molecule has 0 amide bonds. The quantitative estimate of drug-likeness (QED) is 0.832. The molecule has 2 unspecified atom stereocenters. The van der Waals surface area contributed by atoms with E-state index in [1.807, 2.05) is 51.1 Å². The standard InChI is InChI=1S/C8H11N.C4H11O2PS/c1-7(9)8-5-3-2-4-6-8;1-4(2)6-7(3,5)8/h2-7H,9H2,1H3;4H,1-3H3,(H,5,8). The fourth-order valence-corrected chi connectivity index (χ4v) is 2.45. The van der Waals surface area contributed by atoms with Crippen molar-refractivity contribution in [2.24, 2.45) is 5.73 Å². The first-order chi connectivity index (χ1) is 7.72. The molecule has 1 aromatic carbocycles. The smallest absolute Gasteiger partial charge is 0.183 e. The lowest BCUT2D eigenvalue weighted by Crippen LogP contribution is -2.03. The van der Waals surface area contributed by atoms with Gasteiger partial charge in [-0.25, -0.2) is 0 Å². The van der Waals surface area contributed by atoms with Gasteiger partial charge in [0.1, 0.15) is 0 Å². The Labute approximate surface area is 109 Å². The normalized spacial score (nSPS) is 15.7. The summed E-state index contributed by atoms with van der Waals surface area (Å²) in [7, 11) is 0. The van der Waals surface area contributed by atoms with Gasteiger partial charge < -0.3 is 15.2 Å². The van der Waals surface area contributed by atoms with Crippen molar-refractivity contribution in [1.82, 2.24) is 0 Å². The van der Waals surface area contributed by atoms with Gasteiger partial charge in [-0.05, 0) is 38.1 Å². The minimum absolute atomic E-state index is 0.0378. The molecule has 0 spiro atoms. The molecule has 0 bridgehead atoms. The Bertz CT molecular complexity index is 349. The Morgan fingerprint density at radius 1 is 1.24 bits per heavy atom. The van der Waals surface area contributed by atoms with Gasteiger partial charge in [0.15, 0.2) is 6.49 Å². The van der Waals surface area contributed by atoms with Gasteiger partial charge in [0.2, 0.25) is 0 Å².